The quantitative estimate of drug-likeness (QED) is 0.376. The van der Waals surface area contributed by atoms with E-state index in [9.17, 15) is 9.59 Å². The molecule has 4 nitrogen and oxygen atoms in total. The monoisotopic (exact) mass is 442 g/mol. The molecule has 4 fully saturated rings. The Bertz CT molecular complexity index is 780. The third-order valence-electron chi connectivity index (χ3n) is 10.5. The van der Waals surface area contributed by atoms with Gasteiger partial charge in [0.2, 0.25) is 0 Å². The van der Waals surface area contributed by atoms with E-state index in [1.54, 1.807) is 0 Å². The summed E-state index contributed by atoms with van der Waals surface area (Å²) < 4.78 is 11.7. The lowest BCUT2D eigenvalue weighted by Crippen LogP contribution is -2.51. The maximum atomic E-state index is 13.3. The van der Waals surface area contributed by atoms with Crippen LogP contribution >= 0.6 is 0 Å². The molecule has 0 heterocycles. The maximum absolute atomic E-state index is 13.3. The Morgan fingerprint density at radius 1 is 0.875 bits per heavy atom. The molecule has 0 saturated heterocycles. The van der Waals surface area contributed by atoms with Crippen molar-refractivity contribution in [2.45, 2.75) is 116 Å². The highest BCUT2D eigenvalue weighted by molar-refractivity contribution is 5.74. The Kier molecular flexibility index (Phi) is 5.95. The molecule has 0 aromatic carbocycles. The third-order valence-corrected chi connectivity index (χ3v) is 10.5. The molecule has 7 atom stereocenters. The van der Waals surface area contributed by atoms with Crippen LogP contribution < -0.4 is 0 Å². The van der Waals surface area contributed by atoms with Crippen molar-refractivity contribution in [2.24, 2.45) is 34.5 Å². The van der Waals surface area contributed by atoms with Gasteiger partial charge in [0.1, 0.15) is 12.2 Å². The van der Waals surface area contributed by atoms with Crippen LogP contribution in [0.4, 0.5) is 0 Å². The van der Waals surface area contributed by atoms with E-state index >= 15 is 0 Å². The number of allylic oxidation sites excluding steroid dienone is 1. The second-order valence-corrected chi connectivity index (χ2v) is 12.1. The number of carbonyl (C=O) groups excluding carboxylic acids is 2. The van der Waals surface area contributed by atoms with E-state index in [0.717, 1.165) is 51.4 Å². The Morgan fingerprint density at radius 3 is 2.41 bits per heavy atom. The molecule has 0 spiro atoms. The summed E-state index contributed by atoms with van der Waals surface area (Å²) >= 11 is 0. The lowest BCUT2D eigenvalue weighted by atomic mass is 9.47. The minimum absolute atomic E-state index is 0.0580. The summed E-state index contributed by atoms with van der Waals surface area (Å²) in [6.07, 6.45) is 17.2. The summed E-state index contributed by atoms with van der Waals surface area (Å²) in [6, 6.07) is 0. The zero-order valence-electron chi connectivity index (χ0n) is 20.4. The van der Waals surface area contributed by atoms with Crippen LogP contribution in [0.3, 0.4) is 0 Å². The first kappa shape index (κ1) is 22.5. The van der Waals surface area contributed by atoms with E-state index < -0.39 is 0 Å². The predicted octanol–water partition coefficient (Wildman–Crippen LogP) is 6.37. The fourth-order valence-electron chi connectivity index (χ4n) is 8.78. The van der Waals surface area contributed by atoms with E-state index in [1.165, 1.54) is 44.6 Å². The minimum atomic E-state index is -0.154. The van der Waals surface area contributed by atoms with E-state index in [2.05, 4.69) is 19.9 Å². The number of hydrogen-bond donors (Lipinski definition) is 0. The number of esters is 2. The molecule has 0 unspecified atom stereocenters. The van der Waals surface area contributed by atoms with Crippen molar-refractivity contribution in [2.75, 3.05) is 0 Å². The molecule has 0 radical (unpaired) electrons. The van der Waals surface area contributed by atoms with Crippen LogP contribution in [0.1, 0.15) is 104 Å². The van der Waals surface area contributed by atoms with Crippen molar-refractivity contribution in [3.8, 4) is 0 Å². The number of fused-ring (bicyclic) bond motifs is 5. The molecule has 0 N–H and O–H groups in total. The van der Waals surface area contributed by atoms with Crippen molar-refractivity contribution in [3.63, 3.8) is 0 Å². The fraction of sp³-hybridized carbons (Fsp3) is 0.857. The topological polar surface area (TPSA) is 52.6 Å². The smallest absolute Gasteiger partial charge is 0.309 e. The molecule has 0 aromatic heterocycles. The largest absolute Gasteiger partial charge is 0.462 e. The zero-order chi connectivity index (χ0) is 22.5. The first-order valence-electron chi connectivity index (χ1n) is 13.4. The molecule has 0 aliphatic heterocycles. The lowest BCUT2D eigenvalue weighted by molar-refractivity contribution is -0.163. The molecule has 178 valence electrons. The van der Waals surface area contributed by atoms with Crippen molar-refractivity contribution < 1.29 is 19.1 Å². The SMILES string of the molecule is CC(=O)O[C@H]1CC[C@@]2(C)C(=CC[C@@H]3[C@H]4CC[C@@H](C(=O)OC5CCCCC5)[C@]4(C)CC[C@H]32)C1. The first-order valence-corrected chi connectivity index (χ1v) is 13.4. The summed E-state index contributed by atoms with van der Waals surface area (Å²) in [4.78, 5) is 24.7. The summed E-state index contributed by atoms with van der Waals surface area (Å²) in [7, 11) is 0. The second-order valence-electron chi connectivity index (χ2n) is 12.1. The van der Waals surface area contributed by atoms with Gasteiger partial charge in [-0.2, -0.15) is 0 Å². The zero-order valence-corrected chi connectivity index (χ0v) is 20.4. The van der Waals surface area contributed by atoms with Crippen LogP contribution in [0.15, 0.2) is 11.6 Å². The number of hydrogen-bond acceptors (Lipinski definition) is 4. The van der Waals surface area contributed by atoms with Crippen LogP contribution in [0.25, 0.3) is 0 Å². The molecule has 0 aromatic rings. The van der Waals surface area contributed by atoms with Gasteiger partial charge in [-0.15, -0.1) is 0 Å². The minimum Gasteiger partial charge on any atom is -0.462 e. The predicted molar refractivity (Wildman–Crippen MR) is 124 cm³/mol. The molecule has 5 rings (SSSR count). The van der Waals surface area contributed by atoms with Gasteiger partial charge in [-0.05, 0) is 99.2 Å². The van der Waals surface area contributed by atoms with Gasteiger partial charge < -0.3 is 9.47 Å². The van der Waals surface area contributed by atoms with E-state index in [-0.39, 0.29) is 40.9 Å². The Hall–Kier alpha value is -1.32. The second kappa shape index (κ2) is 8.47. The van der Waals surface area contributed by atoms with Crippen LogP contribution in [0.2, 0.25) is 0 Å². The average Bonchev–Trinajstić information content (AvgIpc) is 3.12. The molecule has 4 heteroatoms. The number of carbonyl (C=O) groups is 2. The Morgan fingerprint density at radius 2 is 1.66 bits per heavy atom. The Balaban J connectivity index is 1.30. The standard InChI is InChI=1S/C28H42O4/c1-18(29)31-21-13-15-27(2)19(17-21)9-10-22-23-11-12-25(28(23,3)16-14-24(22)27)26(30)32-20-7-5-4-6-8-20/h9,20-25H,4-8,10-17H2,1-3H3/t21-,22+,23+,24+,25-,27-,28+/m0/s1. The van der Waals surface area contributed by atoms with Crippen LogP contribution in [-0.2, 0) is 19.1 Å². The molecular weight excluding hydrogens is 400 g/mol. The van der Waals surface area contributed by atoms with Crippen molar-refractivity contribution >= 4 is 11.9 Å². The van der Waals surface area contributed by atoms with Crippen molar-refractivity contribution in [1.82, 2.24) is 0 Å². The van der Waals surface area contributed by atoms with Gasteiger partial charge in [0.15, 0.2) is 0 Å². The Labute approximate surface area is 193 Å². The molecule has 4 saturated carbocycles. The first-order chi connectivity index (χ1) is 15.3. The normalized spacial score (nSPS) is 44.0. The van der Waals surface area contributed by atoms with Gasteiger partial charge in [0.05, 0.1) is 5.92 Å². The average molecular weight is 443 g/mol. The van der Waals surface area contributed by atoms with Gasteiger partial charge in [-0.25, -0.2) is 0 Å². The highest BCUT2D eigenvalue weighted by Gasteiger charge is 2.60. The highest BCUT2D eigenvalue weighted by Crippen LogP contribution is 2.66. The molecular formula is C28H42O4. The lowest BCUT2D eigenvalue weighted by Gasteiger charge is -2.57. The molecule has 5 aliphatic rings. The van der Waals surface area contributed by atoms with Gasteiger partial charge in [0.25, 0.3) is 0 Å². The van der Waals surface area contributed by atoms with Crippen LogP contribution in [0.5, 0.6) is 0 Å². The molecule has 32 heavy (non-hydrogen) atoms. The number of rotatable bonds is 3. The van der Waals surface area contributed by atoms with E-state index in [4.69, 9.17) is 9.47 Å². The van der Waals surface area contributed by atoms with Gasteiger partial charge >= 0.3 is 11.9 Å². The number of ether oxygens (including phenoxy) is 2. The summed E-state index contributed by atoms with van der Waals surface area (Å²) in [6.45, 7) is 6.41. The summed E-state index contributed by atoms with van der Waals surface area (Å²) in [5.41, 5.74) is 1.87. The third kappa shape index (κ3) is 3.74. The molecule has 0 amide bonds. The highest BCUT2D eigenvalue weighted by atomic mass is 16.5. The summed E-state index contributed by atoms with van der Waals surface area (Å²) in [5, 5.41) is 0. The maximum Gasteiger partial charge on any atom is 0.309 e. The van der Waals surface area contributed by atoms with E-state index in [1.807, 2.05) is 0 Å². The van der Waals surface area contributed by atoms with Gasteiger partial charge in [0, 0.05) is 13.3 Å². The molecule has 0 bridgehead atoms. The fourth-order valence-corrected chi connectivity index (χ4v) is 8.78. The van der Waals surface area contributed by atoms with E-state index in [0.29, 0.717) is 17.8 Å². The van der Waals surface area contributed by atoms with Crippen LogP contribution in [0, 0.1) is 34.5 Å². The van der Waals surface area contributed by atoms with Crippen molar-refractivity contribution in [3.05, 3.63) is 11.6 Å². The van der Waals surface area contributed by atoms with Gasteiger partial charge in [-0.1, -0.05) is 31.9 Å². The van der Waals surface area contributed by atoms with Crippen LogP contribution in [-0.4, -0.2) is 24.1 Å². The molecule has 5 aliphatic carbocycles. The van der Waals surface area contributed by atoms with Crippen molar-refractivity contribution in [1.29, 1.82) is 0 Å². The summed E-state index contributed by atoms with van der Waals surface area (Å²) in [5.74, 6) is 2.06. The van der Waals surface area contributed by atoms with Gasteiger partial charge in [-0.3, -0.25) is 9.59 Å².